The Morgan fingerprint density at radius 1 is 1.20 bits per heavy atom. The van der Waals surface area contributed by atoms with E-state index in [9.17, 15) is 4.79 Å². The first-order chi connectivity index (χ1) is 14.6. The third-order valence-electron chi connectivity index (χ3n) is 4.53. The lowest BCUT2D eigenvalue weighted by atomic mass is 10.1. The second-order valence-corrected chi connectivity index (χ2v) is 7.02. The van der Waals surface area contributed by atoms with Crippen LogP contribution < -0.4 is 15.4 Å². The van der Waals surface area contributed by atoms with Crippen LogP contribution in [0, 0.1) is 0 Å². The summed E-state index contributed by atoms with van der Waals surface area (Å²) in [7, 11) is 1.63. The number of anilines is 2. The number of halogens is 1. The van der Waals surface area contributed by atoms with Crippen molar-refractivity contribution in [3.05, 3.63) is 72.1 Å². The number of hydrogen-bond donors (Lipinski definition) is 2. The zero-order chi connectivity index (χ0) is 20.9. The van der Waals surface area contributed by atoms with Crippen LogP contribution in [-0.2, 0) is 4.79 Å². The van der Waals surface area contributed by atoms with Gasteiger partial charge in [-0.2, -0.15) is 0 Å². The predicted molar refractivity (Wildman–Crippen MR) is 118 cm³/mol. The van der Waals surface area contributed by atoms with E-state index in [0.717, 1.165) is 22.8 Å². The normalized spacial score (nSPS) is 10.7. The number of nitrogens with zero attached hydrogens (tertiary/aromatic N) is 3. The van der Waals surface area contributed by atoms with Crippen LogP contribution in [0.25, 0.3) is 16.9 Å². The molecule has 2 heterocycles. The molecule has 0 saturated carbocycles. The summed E-state index contributed by atoms with van der Waals surface area (Å²) in [6.07, 6.45) is 5.50. The van der Waals surface area contributed by atoms with Crippen LogP contribution in [0.5, 0.6) is 5.75 Å². The lowest BCUT2D eigenvalue weighted by Crippen LogP contribution is -2.17. The summed E-state index contributed by atoms with van der Waals surface area (Å²) in [4.78, 5) is 21.2. The van der Waals surface area contributed by atoms with Crippen molar-refractivity contribution in [1.82, 2.24) is 14.4 Å². The maximum Gasteiger partial charge on any atom is 0.226 e. The van der Waals surface area contributed by atoms with Crippen LogP contribution in [0.1, 0.15) is 6.42 Å². The zero-order valence-electron chi connectivity index (χ0n) is 16.3. The molecule has 0 fully saturated rings. The van der Waals surface area contributed by atoms with Crippen molar-refractivity contribution in [3.63, 3.8) is 0 Å². The zero-order valence-corrected chi connectivity index (χ0v) is 17.1. The van der Waals surface area contributed by atoms with Gasteiger partial charge in [0.25, 0.3) is 0 Å². The third kappa shape index (κ3) is 4.36. The van der Waals surface area contributed by atoms with Crippen molar-refractivity contribution in [1.29, 1.82) is 0 Å². The van der Waals surface area contributed by atoms with Crippen molar-refractivity contribution in [2.45, 2.75) is 6.42 Å². The standard InChI is InChI=1S/C22H20ClN5O2/c1-30-18-7-2-4-15(12-18)21-22(28-11-10-24-14-19(28)27-21)25-9-8-20(29)26-17-6-3-5-16(23)13-17/h2-7,10-14,25H,8-9H2,1H3,(H,26,29). The molecular weight excluding hydrogens is 402 g/mol. The second-order valence-electron chi connectivity index (χ2n) is 6.58. The molecule has 30 heavy (non-hydrogen) atoms. The summed E-state index contributed by atoms with van der Waals surface area (Å²) >= 11 is 5.97. The van der Waals surface area contributed by atoms with Crippen LogP contribution in [0.4, 0.5) is 11.5 Å². The lowest BCUT2D eigenvalue weighted by Gasteiger charge is -2.10. The monoisotopic (exact) mass is 421 g/mol. The lowest BCUT2D eigenvalue weighted by molar-refractivity contribution is -0.115. The SMILES string of the molecule is COc1cccc(-c2nc3cnccn3c2NCCC(=O)Nc2cccc(Cl)c2)c1. The van der Waals surface area contributed by atoms with E-state index in [0.29, 0.717) is 22.9 Å². The van der Waals surface area contributed by atoms with E-state index in [2.05, 4.69) is 15.6 Å². The van der Waals surface area contributed by atoms with Gasteiger partial charge in [-0.05, 0) is 30.3 Å². The van der Waals surface area contributed by atoms with Gasteiger partial charge in [0.1, 0.15) is 17.3 Å². The van der Waals surface area contributed by atoms with Crippen molar-refractivity contribution in [2.24, 2.45) is 0 Å². The second kappa shape index (κ2) is 8.84. The van der Waals surface area contributed by atoms with E-state index in [4.69, 9.17) is 21.3 Å². The first-order valence-corrected chi connectivity index (χ1v) is 9.77. The van der Waals surface area contributed by atoms with Crippen LogP contribution in [0.2, 0.25) is 5.02 Å². The van der Waals surface area contributed by atoms with Crippen LogP contribution in [-0.4, -0.2) is 33.9 Å². The molecule has 0 aliphatic rings. The predicted octanol–water partition coefficient (Wildman–Crippen LogP) is 4.50. The number of benzene rings is 2. The number of carbonyl (C=O) groups is 1. The molecule has 0 radical (unpaired) electrons. The molecule has 0 spiro atoms. The summed E-state index contributed by atoms with van der Waals surface area (Å²) in [5, 5.41) is 6.77. The van der Waals surface area contributed by atoms with Crippen LogP contribution in [0.3, 0.4) is 0 Å². The topological polar surface area (TPSA) is 80.6 Å². The average Bonchev–Trinajstić information content (AvgIpc) is 3.12. The molecule has 2 aromatic carbocycles. The van der Waals surface area contributed by atoms with E-state index >= 15 is 0 Å². The number of hydrogen-bond acceptors (Lipinski definition) is 5. The number of imidazole rings is 1. The van der Waals surface area contributed by atoms with Crippen molar-refractivity contribution in [3.8, 4) is 17.0 Å². The van der Waals surface area contributed by atoms with Gasteiger partial charge in [-0.15, -0.1) is 0 Å². The van der Waals surface area contributed by atoms with E-state index < -0.39 is 0 Å². The summed E-state index contributed by atoms with van der Waals surface area (Å²) in [6.45, 7) is 0.430. The molecule has 4 rings (SSSR count). The number of methoxy groups -OCH3 is 1. The molecule has 7 nitrogen and oxygen atoms in total. The molecule has 0 unspecified atom stereocenters. The minimum Gasteiger partial charge on any atom is -0.497 e. The molecule has 4 aromatic rings. The van der Waals surface area contributed by atoms with Gasteiger partial charge in [-0.1, -0.05) is 29.8 Å². The van der Waals surface area contributed by atoms with E-state index in [1.165, 1.54) is 0 Å². The Morgan fingerprint density at radius 3 is 2.90 bits per heavy atom. The number of amides is 1. The van der Waals surface area contributed by atoms with Gasteiger partial charge < -0.3 is 15.4 Å². The van der Waals surface area contributed by atoms with Gasteiger partial charge in [0, 0.05) is 41.6 Å². The van der Waals surface area contributed by atoms with Gasteiger partial charge in [0.2, 0.25) is 5.91 Å². The molecule has 0 bridgehead atoms. The molecule has 0 saturated heterocycles. The Bertz CT molecular complexity index is 1190. The fraction of sp³-hybridized carbons (Fsp3) is 0.136. The van der Waals surface area contributed by atoms with Crippen LogP contribution >= 0.6 is 11.6 Å². The number of carbonyl (C=O) groups excluding carboxylic acids is 1. The van der Waals surface area contributed by atoms with Crippen molar-refractivity contribution in [2.75, 3.05) is 24.3 Å². The number of rotatable bonds is 7. The number of fused-ring (bicyclic) bond motifs is 1. The number of nitrogens with one attached hydrogen (secondary N) is 2. The Hall–Kier alpha value is -3.58. The van der Waals surface area contributed by atoms with Gasteiger partial charge >= 0.3 is 0 Å². The first kappa shape index (κ1) is 19.7. The average molecular weight is 422 g/mol. The Kier molecular flexibility index (Phi) is 5.81. The Morgan fingerprint density at radius 2 is 2.07 bits per heavy atom. The first-order valence-electron chi connectivity index (χ1n) is 9.40. The molecule has 1 amide bonds. The number of ether oxygens (including phenoxy) is 1. The minimum atomic E-state index is -0.108. The summed E-state index contributed by atoms with van der Waals surface area (Å²) in [6, 6.07) is 14.8. The summed E-state index contributed by atoms with van der Waals surface area (Å²) in [5.74, 6) is 1.42. The number of aromatic nitrogens is 3. The molecule has 152 valence electrons. The van der Waals surface area contributed by atoms with E-state index in [-0.39, 0.29) is 12.3 Å². The maximum atomic E-state index is 12.3. The largest absolute Gasteiger partial charge is 0.497 e. The van der Waals surface area contributed by atoms with Crippen molar-refractivity contribution >= 4 is 34.7 Å². The molecule has 2 aromatic heterocycles. The molecule has 8 heteroatoms. The maximum absolute atomic E-state index is 12.3. The molecular formula is C22H20ClN5O2. The Labute approximate surface area is 178 Å². The van der Waals surface area contributed by atoms with Crippen molar-refractivity contribution < 1.29 is 9.53 Å². The third-order valence-corrected chi connectivity index (χ3v) is 4.76. The molecule has 0 aliphatic carbocycles. The highest BCUT2D eigenvalue weighted by Crippen LogP contribution is 2.30. The van der Waals surface area contributed by atoms with E-state index in [1.54, 1.807) is 43.8 Å². The molecule has 0 atom stereocenters. The fourth-order valence-electron chi connectivity index (χ4n) is 3.13. The van der Waals surface area contributed by atoms with Gasteiger partial charge in [0.15, 0.2) is 5.65 Å². The minimum absolute atomic E-state index is 0.108. The molecule has 0 aliphatic heterocycles. The van der Waals surface area contributed by atoms with Crippen LogP contribution in [0.15, 0.2) is 67.1 Å². The quantitative estimate of drug-likeness (QED) is 0.459. The molecule has 2 N–H and O–H groups in total. The van der Waals surface area contributed by atoms with Gasteiger partial charge in [-0.25, -0.2) is 4.98 Å². The summed E-state index contributed by atoms with van der Waals surface area (Å²) in [5.41, 5.74) is 3.05. The van der Waals surface area contributed by atoms with E-state index in [1.807, 2.05) is 34.9 Å². The summed E-state index contributed by atoms with van der Waals surface area (Å²) < 4.78 is 7.25. The highest BCUT2D eigenvalue weighted by atomic mass is 35.5. The smallest absolute Gasteiger partial charge is 0.226 e. The van der Waals surface area contributed by atoms with Gasteiger partial charge in [0.05, 0.1) is 13.3 Å². The highest BCUT2D eigenvalue weighted by Gasteiger charge is 2.15. The van der Waals surface area contributed by atoms with Gasteiger partial charge in [-0.3, -0.25) is 14.2 Å². The highest BCUT2D eigenvalue weighted by molar-refractivity contribution is 6.30. The Balaban J connectivity index is 1.52. The fourth-order valence-corrected chi connectivity index (χ4v) is 3.32.